The average molecular weight is 476 g/mol. The standard InChI is InChI=1S/C16H9Cl6NO3/c1-26-7-4-2-6(3-5-7)23-12(24)8-9(13(23)25)15(20)11(18)10(17)14(8,19)16(15,21)22/h2-5,8-9H,1H3/t8-,9-,14-,15-/m1/s1. The number of hydrogen-bond acceptors (Lipinski definition) is 3. The summed E-state index contributed by atoms with van der Waals surface area (Å²) in [5, 5.41) is -0.223. The van der Waals surface area contributed by atoms with Gasteiger partial charge in [0.05, 0.1) is 34.7 Å². The lowest BCUT2D eigenvalue weighted by Gasteiger charge is -2.34. The third-order valence-corrected chi connectivity index (χ3v) is 9.50. The van der Waals surface area contributed by atoms with Crippen molar-refractivity contribution >= 4 is 87.1 Å². The van der Waals surface area contributed by atoms with Crippen molar-refractivity contribution in [3.8, 4) is 5.75 Å². The molecule has 0 unspecified atom stereocenters. The number of methoxy groups -OCH3 is 1. The Balaban J connectivity index is 1.86. The Morgan fingerprint density at radius 1 is 0.885 bits per heavy atom. The second kappa shape index (κ2) is 5.59. The number of halogens is 6. The van der Waals surface area contributed by atoms with E-state index in [9.17, 15) is 9.59 Å². The zero-order chi connectivity index (χ0) is 19.2. The largest absolute Gasteiger partial charge is 0.497 e. The van der Waals surface area contributed by atoms with E-state index < -0.39 is 37.7 Å². The molecule has 1 aliphatic heterocycles. The van der Waals surface area contributed by atoms with Crippen molar-refractivity contribution in [1.82, 2.24) is 0 Å². The van der Waals surface area contributed by atoms with Crippen molar-refractivity contribution in [2.24, 2.45) is 11.8 Å². The van der Waals surface area contributed by atoms with E-state index in [1.54, 1.807) is 24.3 Å². The van der Waals surface area contributed by atoms with E-state index in [1.807, 2.05) is 0 Å². The Bertz CT molecular complexity index is 838. The highest BCUT2D eigenvalue weighted by atomic mass is 35.5. The molecule has 0 spiro atoms. The molecule has 2 bridgehead atoms. The number of fused-ring (bicyclic) bond motifs is 5. The quantitative estimate of drug-likeness (QED) is 0.462. The Morgan fingerprint density at radius 2 is 1.31 bits per heavy atom. The van der Waals surface area contributed by atoms with Crippen LogP contribution in [0.5, 0.6) is 5.75 Å². The summed E-state index contributed by atoms with van der Waals surface area (Å²) in [6.45, 7) is 0. The minimum absolute atomic E-state index is 0.111. The Kier molecular flexibility index (Phi) is 4.08. The van der Waals surface area contributed by atoms with Gasteiger partial charge in [-0.25, -0.2) is 4.90 Å². The van der Waals surface area contributed by atoms with Gasteiger partial charge in [-0.3, -0.25) is 9.59 Å². The summed E-state index contributed by atoms with van der Waals surface area (Å²) < 4.78 is 3.16. The van der Waals surface area contributed by atoms with Crippen LogP contribution in [0.1, 0.15) is 0 Å². The van der Waals surface area contributed by atoms with Gasteiger partial charge in [0, 0.05) is 0 Å². The molecule has 3 aliphatic rings. The number of imide groups is 1. The first-order valence-electron chi connectivity index (χ1n) is 7.38. The summed E-state index contributed by atoms with van der Waals surface area (Å²) in [5.74, 6) is -2.88. The fourth-order valence-corrected chi connectivity index (χ4v) is 6.91. The van der Waals surface area contributed by atoms with Crippen LogP contribution in [0.2, 0.25) is 0 Å². The maximum Gasteiger partial charge on any atom is 0.240 e. The number of amides is 2. The second-order valence-electron chi connectivity index (χ2n) is 6.29. The Labute approximate surface area is 178 Å². The Morgan fingerprint density at radius 3 is 1.69 bits per heavy atom. The molecule has 1 saturated heterocycles. The number of carbonyl (C=O) groups is 2. The molecule has 4 atom stereocenters. The van der Waals surface area contributed by atoms with Crippen LogP contribution in [0.25, 0.3) is 0 Å². The van der Waals surface area contributed by atoms with Crippen LogP contribution in [0.4, 0.5) is 5.69 Å². The number of alkyl halides is 4. The summed E-state index contributed by atoms with van der Waals surface area (Å²) in [6, 6.07) is 6.39. The molecule has 4 nitrogen and oxygen atoms in total. The van der Waals surface area contributed by atoms with E-state index in [0.29, 0.717) is 11.4 Å². The zero-order valence-corrected chi connectivity index (χ0v) is 17.4. The molecule has 2 fully saturated rings. The third-order valence-electron chi connectivity index (χ3n) is 5.24. The fourth-order valence-electron chi connectivity index (χ4n) is 3.98. The van der Waals surface area contributed by atoms with Crippen LogP contribution >= 0.6 is 69.6 Å². The fraction of sp³-hybridized carbons (Fsp3) is 0.375. The lowest BCUT2D eigenvalue weighted by atomic mass is 9.84. The summed E-state index contributed by atoms with van der Waals surface area (Å²) >= 11 is 38.6. The highest BCUT2D eigenvalue weighted by Gasteiger charge is 2.87. The first-order chi connectivity index (χ1) is 12.0. The predicted molar refractivity (Wildman–Crippen MR) is 103 cm³/mol. The minimum Gasteiger partial charge on any atom is -0.497 e. The van der Waals surface area contributed by atoms with Crippen LogP contribution < -0.4 is 9.64 Å². The van der Waals surface area contributed by atoms with E-state index in [0.717, 1.165) is 4.90 Å². The Hall–Kier alpha value is -0.360. The molecule has 0 aromatic heterocycles. The number of ether oxygens (including phenoxy) is 1. The molecule has 1 saturated carbocycles. The van der Waals surface area contributed by atoms with Crippen molar-refractivity contribution < 1.29 is 14.3 Å². The van der Waals surface area contributed by atoms with Crippen molar-refractivity contribution in [3.63, 3.8) is 0 Å². The van der Waals surface area contributed by atoms with Gasteiger partial charge in [-0.15, -0.1) is 23.2 Å². The normalized spacial score (nSPS) is 37.6. The topological polar surface area (TPSA) is 46.6 Å². The van der Waals surface area contributed by atoms with Crippen molar-refractivity contribution in [1.29, 1.82) is 0 Å². The van der Waals surface area contributed by atoms with Crippen molar-refractivity contribution in [2.45, 2.75) is 14.1 Å². The van der Waals surface area contributed by atoms with Crippen molar-refractivity contribution in [2.75, 3.05) is 12.0 Å². The number of carbonyl (C=O) groups excluding carboxylic acids is 2. The summed E-state index contributed by atoms with van der Waals surface area (Å²) in [5.41, 5.74) is 0.345. The molecule has 2 aliphatic carbocycles. The highest BCUT2D eigenvalue weighted by Crippen LogP contribution is 2.77. The third kappa shape index (κ3) is 1.82. The first kappa shape index (κ1) is 19.0. The van der Waals surface area contributed by atoms with Gasteiger partial charge < -0.3 is 4.74 Å². The smallest absolute Gasteiger partial charge is 0.240 e. The number of anilines is 1. The molecule has 4 rings (SSSR count). The van der Waals surface area contributed by atoms with E-state index in [1.165, 1.54) is 7.11 Å². The summed E-state index contributed by atoms with van der Waals surface area (Å²) in [4.78, 5) is 23.7. The lowest BCUT2D eigenvalue weighted by Crippen LogP contribution is -2.50. The van der Waals surface area contributed by atoms with E-state index in [2.05, 4.69) is 0 Å². The minimum atomic E-state index is -1.93. The molecule has 1 aromatic rings. The van der Waals surface area contributed by atoms with E-state index in [4.69, 9.17) is 74.3 Å². The summed E-state index contributed by atoms with van der Waals surface area (Å²) in [6.07, 6.45) is 0. The predicted octanol–water partition coefficient (Wildman–Crippen LogP) is 4.65. The maximum absolute atomic E-state index is 13.1. The van der Waals surface area contributed by atoms with Gasteiger partial charge in [-0.2, -0.15) is 0 Å². The highest BCUT2D eigenvalue weighted by molar-refractivity contribution is 6.67. The van der Waals surface area contributed by atoms with Gasteiger partial charge >= 0.3 is 0 Å². The van der Waals surface area contributed by atoms with Crippen LogP contribution in [-0.2, 0) is 9.59 Å². The van der Waals surface area contributed by atoms with Gasteiger partial charge in [-0.1, -0.05) is 46.4 Å². The van der Waals surface area contributed by atoms with E-state index >= 15 is 0 Å². The molecule has 0 radical (unpaired) electrons. The number of benzene rings is 1. The number of nitrogens with zero attached hydrogens (tertiary/aromatic N) is 1. The molecule has 2 amide bonds. The van der Waals surface area contributed by atoms with Gasteiger partial charge in [-0.05, 0) is 24.3 Å². The van der Waals surface area contributed by atoms with Crippen LogP contribution in [0.15, 0.2) is 34.3 Å². The number of hydrogen-bond donors (Lipinski definition) is 0. The monoisotopic (exact) mass is 473 g/mol. The summed E-state index contributed by atoms with van der Waals surface area (Å²) in [7, 11) is 1.51. The van der Waals surface area contributed by atoms with E-state index in [-0.39, 0.29) is 10.1 Å². The molecular weight excluding hydrogens is 467 g/mol. The second-order valence-corrected chi connectivity index (χ2v) is 9.57. The SMILES string of the molecule is COc1ccc(N2C(=O)[C@H]3[C@H](C2=O)[C@@]2(Cl)C(Cl)=C(Cl)[C@@]3(Cl)C2(Cl)Cl)cc1. The molecule has 26 heavy (non-hydrogen) atoms. The molecular formula is C16H9Cl6NO3. The molecule has 138 valence electrons. The number of rotatable bonds is 2. The maximum atomic E-state index is 13.1. The first-order valence-corrected chi connectivity index (χ1v) is 9.65. The van der Waals surface area contributed by atoms with Gasteiger partial charge in [0.1, 0.15) is 15.5 Å². The van der Waals surface area contributed by atoms with Crippen LogP contribution in [0.3, 0.4) is 0 Å². The van der Waals surface area contributed by atoms with Gasteiger partial charge in [0.25, 0.3) is 0 Å². The van der Waals surface area contributed by atoms with Gasteiger partial charge in [0.15, 0.2) is 4.33 Å². The van der Waals surface area contributed by atoms with Crippen LogP contribution in [0, 0.1) is 11.8 Å². The average Bonchev–Trinajstić information content (AvgIpc) is 3.00. The molecule has 1 aromatic carbocycles. The molecule has 0 N–H and O–H groups in total. The zero-order valence-electron chi connectivity index (χ0n) is 12.9. The molecule has 10 heteroatoms. The number of allylic oxidation sites excluding steroid dienone is 2. The van der Waals surface area contributed by atoms with Crippen LogP contribution in [-0.4, -0.2) is 33.0 Å². The lowest BCUT2D eigenvalue weighted by molar-refractivity contribution is -0.123. The van der Waals surface area contributed by atoms with Crippen molar-refractivity contribution in [3.05, 3.63) is 34.3 Å². The molecule has 1 heterocycles. The van der Waals surface area contributed by atoms with Gasteiger partial charge in [0.2, 0.25) is 11.8 Å².